The molecule has 0 atom stereocenters. The van der Waals surface area contributed by atoms with E-state index in [0.29, 0.717) is 6.54 Å². The van der Waals surface area contributed by atoms with Crippen LogP contribution in [0, 0.1) is 0 Å². The molecule has 0 unspecified atom stereocenters. The van der Waals surface area contributed by atoms with Gasteiger partial charge >= 0.3 is 0 Å². The van der Waals surface area contributed by atoms with Crippen molar-refractivity contribution in [2.45, 2.75) is 20.0 Å². The minimum atomic E-state index is 0. The van der Waals surface area contributed by atoms with E-state index in [9.17, 15) is 0 Å². The number of nitrogens with zero attached hydrogens (tertiary/aromatic N) is 4. The van der Waals surface area contributed by atoms with Gasteiger partial charge in [0.05, 0.1) is 18.6 Å². The molecule has 2 heterocycles. The number of nitrogens with one attached hydrogen (secondary N) is 1. The Morgan fingerprint density at radius 1 is 1.19 bits per heavy atom. The highest BCUT2D eigenvalue weighted by atomic mass is 127. The number of para-hydroxylation sites is 1. The molecule has 0 amide bonds. The zero-order valence-corrected chi connectivity index (χ0v) is 17.8. The molecule has 3 aromatic rings. The van der Waals surface area contributed by atoms with Crippen LogP contribution >= 0.6 is 24.0 Å². The number of hydrogen-bond donors (Lipinski definition) is 1. The third-order valence-corrected chi connectivity index (χ3v) is 4.26. The van der Waals surface area contributed by atoms with Gasteiger partial charge in [-0.25, -0.2) is 4.99 Å². The Morgan fingerprint density at radius 3 is 2.73 bits per heavy atom. The van der Waals surface area contributed by atoms with E-state index < -0.39 is 0 Å². The molecule has 0 aliphatic rings. The fourth-order valence-corrected chi connectivity index (χ4v) is 2.90. The molecule has 3 rings (SSSR count). The molecule has 0 aliphatic heterocycles. The lowest BCUT2D eigenvalue weighted by atomic mass is 10.1. The van der Waals surface area contributed by atoms with E-state index in [1.165, 1.54) is 5.69 Å². The molecule has 1 aromatic carbocycles. The predicted octanol–water partition coefficient (Wildman–Crippen LogP) is 3.79. The SMILES string of the molecule is CCNC(=NCc1cccc2cccnc12)N(C)Cc1cccn1C.I. The molecule has 0 saturated heterocycles. The van der Waals surface area contributed by atoms with Gasteiger partial charge in [0, 0.05) is 44.1 Å². The van der Waals surface area contributed by atoms with Crippen LogP contribution in [-0.2, 0) is 20.1 Å². The van der Waals surface area contributed by atoms with Gasteiger partial charge < -0.3 is 14.8 Å². The fourth-order valence-electron chi connectivity index (χ4n) is 2.90. The molecule has 0 bridgehead atoms. The van der Waals surface area contributed by atoms with Crippen LogP contribution in [-0.4, -0.2) is 34.0 Å². The highest BCUT2D eigenvalue weighted by Crippen LogP contribution is 2.16. The van der Waals surface area contributed by atoms with Gasteiger partial charge in [-0.05, 0) is 30.7 Å². The second-order valence-electron chi connectivity index (χ2n) is 6.13. The average molecular weight is 463 g/mol. The zero-order chi connectivity index (χ0) is 17.6. The highest BCUT2D eigenvalue weighted by molar-refractivity contribution is 14.0. The Balaban J connectivity index is 0.00000243. The van der Waals surface area contributed by atoms with E-state index in [1.807, 2.05) is 12.3 Å². The summed E-state index contributed by atoms with van der Waals surface area (Å²) in [6.45, 7) is 4.34. The van der Waals surface area contributed by atoms with Gasteiger partial charge in [0.1, 0.15) is 0 Å². The smallest absolute Gasteiger partial charge is 0.194 e. The van der Waals surface area contributed by atoms with Gasteiger partial charge in [-0.3, -0.25) is 4.98 Å². The van der Waals surface area contributed by atoms with Crippen LogP contribution in [0.4, 0.5) is 0 Å². The topological polar surface area (TPSA) is 45.5 Å². The Hall–Kier alpha value is -2.09. The minimum absolute atomic E-state index is 0. The quantitative estimate of drug-likeness (QED) is 0.356. The summed E-state index contributed by atoms with van der Waals surface area (Å²) in [5.74, 6) is 0.900. The molecule has 0 radical (unpaired) electrons. The van der Waals surface area contributed by atoms with Crippen molar-refractivity contribution in [2.75, 3.05) is 13.6 Å². The summed E-state index contributed by atoms with van der Waals surface area (Å²) >= 11 is 0. The Morgan fingerprint density at radius 2 is 2.00 bits per heavy atom. The van der Waals surface area contributed by atoms with Gasteiger partial charge in [0.25, 0.3) is 0 Å². The number of rotatable bonds is 5. The van der Waals surface area contributed by atoms with Crippen LogP contribution in [0.2, 0.25) is 0 Å². The van der Waals surface area contributed by atoms with Crippen LogP contribution in [0.5, 0.6) is 0 Å². The molecule has 0 aliphatic carbocycles. The van der Waals surface area contributed by atoms with Crippen LogP contribution in [0.1, 0.15) is 18.2 Å². The van der Waals surface area contributed by atoms with Crippen LogP contribution in [0.25, 0.3) is 10.9 Å². The number of pyridine rings is 1. The predicted molar refractivity (Wildman–Crippen MR) is 119 cm³/mol. The molecule has 6 heteroatoms. The number of guanidine groups is 1. The van der Waals surface area contributed by atoms with Crippen molar-refractivity contribution in [3.8, 4) is 0 Å². The monoisotopic (exact) mass is 463 g/mol. The number of aromatic nitrogens is 2. The molecule has 2 aromatic heterocycles. The molecule has 138 valence electrons. The van der Waals surface area contributed by atoms with E-state index in [-0.39, 0.29) is 24.0 Å². The first-order valence-electron chi connectivity index (χ1n) is 8.61. The summed E-state index contributed by atoms with van der Waals surface area (Å²) in [6, 6.07) is 14.5. The molecule has 5 nitrogen and oxygen atoms in total. The normalized spacial score (nSPS) is 11.3. The van der Waals surface area contributed by atoms with Crippen molar-refractivity contribution < 1.29 is 0 Å². The fraction of sp³-hybridized carbons (Fsp3) is 0.300. The maximum absolute atomic E-state index is 4.83. The largest absolute Gasteiger partial charge is 0.357 e. The minimum Gasteiger partial charge on any atom is -0.357 e. The third-order valence-electron chi connectivity index (χ3n) is 4.26. The first-order valence-corrected chi connectivity index (χ1v) is 8.61. The van der Waals surface area contributed by atoms with E-state index in [1.54, 1.807) is 0 Å². The molecule has 1 N–H and O–H groups in total. The van der Waals surface area contributed by atoms with Crippen molar-refractivity contribution in [1.29, 1.82) is 0 Å². The average Bonchev–Trinajstić information content (AvgIpc) is 3.03. The maximum Gasteiger partial charge on any atom is 0.194 e. The molecule has 0 spiro atoms. The van der Waals surface area contributed by atoms with Crippen LogP contribution < -0.4 is 5.32 Å². The molecular weight excluding hydrogens is 437 g/mol. The molecule has 0 saturated carbocycles. The lowest BCUT2D eigenvalue weighted by Crippen LogP contribution is -2.38. The molecular formula is C20H26IN5. The second-order valence-corrected chi connectivity index (χ2v) is 6.13. The van der Waals surface area contributed by atoms with Crippen LogP contribution in [0.15, 0.2) is 59.9 Å². The lowest BCUT2D eigenvalue weighted by molar-refractivity contribution is 0.462. The van der Waals surface area contributed by atoms with Crippen molar-refractivity contribution in [3.63, 3.8) is 0 Å². The highest BCUT2D eigenvalue weighted by Gasteiger charge is 2.09. The summed E-state index contributed by atoms with van der Waals surface area (Å²) in [6.07, 6.45) is 3.90. The zero-order valence-electron chi connectivity index (χ0n) is 15.5. The van der Waals surface area contributed by atoms with E-state index in [0.717, 1.165) is 35.5 Å². The maximum atomic E-state index is 4.83. The number of halogens is 1. The van der Waals surface area contributed by atoms with Gasteiger partial charge in [-0.1, -0.05) is 24.3 Å². The van der Waals surface area contributed by atoms with Crippen molar-refractivity contribution in [1.82, 2.24) is 19.8 Å². The standard InChI is InChI=1S/C20H25N5.HI/c1-4-21-20(25(3)15-18-11-7-13-24(18)2)23-14-17-9-5-8-16-10-6-12-22-19(16)17;/h5-13H,4,14-15H2,1-3H3,(H,21,23);1H. The summed E-state index contributed by atoms with van der Waals surface area (Å²) in [5.41, 5.74) is 3.41. The Kier molecular flexibility index (Phi) is 7.44. The van der Waals surface area contributed by atoms with Crippen molar-refractivity contribution in [3.05, 3.63) is 66.1 Å². The van der Waals surface area contributed by atoms with E-state index in [4.69, 9.17) is 4.99 Å². The van der Waals surface area contributed by atoms with Crippen molar-refractivity contribution >= 4 is 40.8 Å². The summed E-state index contributed by atoms with van der Waals surface area (Å²) in [5, 5.41) is 4.53. The third kappa shape index (κ3) is 4.75. The first-order chi connectivity index (χ1) is 12.2. The Bertz CT molecular complexity index is 866. The summed E-state index contributed by atoms with van der Waals surface area (Å²) < 4.78 is 2.13. The number of hydrogen-bond acceptors (Lipinski definition) is 2. The van der Waals surface area contributed by atoms with Crippen molar-refractivity contribution in [2.24, 2.45) is 12.0 Å². The van der Waals surface area contributed by atoms with Gasteiger partial charge in [-0.15, -0.1) is 24.0 Å². The van der Waals surface area contributed by atoms with E-state index in [2.05, 4.69) is 83.4 Å². The number of benzene rings is 1. The summed E-state index contributed by atoms with van der Waals surface area (Å²) in [4.78, 5) is 11.5. The molecule has 26 heavy (non-hydrogen) atoms. The van der Waals surface area contributed by atoms with E-state index >= 15 is 0 Å². The van der Waals surface area contributed by atoms with Gasteiger partial charge in [0.15, 0.2) is 5.96 Å². The summed E-state index contributed by atoms with van der Waals surface area (Å²) in [7, 11) is 4.13. The van der Waals surface area contributed by atoms with Gasteiger partial charge in [0.2, 0.25) is 0 Å². The lowest BCUT2D eigenvalue weighted by Gasteiger charge is -2.22. The number of fused-ring (bicyclic) bond motifs is 1. The van der Waals surface area contributed by atoms with Gasteiger partial charge in [-0.2, -0.15) is 0 Å². The number of aliphatic imine (C=N–C) groups is 1. The molecule has 0 fully saturated rings. The number of aryl methyl sites for hydroxylation is 1. The second kappa shape index (κ2) is 9.56. The Labute approximate surface area is 172 Å². The first kappa shape index (κ1) is 20.2. The van der Waals surface area contributed by atoms with Crippen LogP contribution in [0.3, 0.4) is 0 Å².